The molecule has 0 saturated carbocycles. The van der Waals surface area contributed by atoms with E-state index in [9.17, 15) is 0 Å². The highest BCUT2D eigenvalue weighted by molar-refractivity contribution is 7.26. The van der Waals surface area contributed by atoms with Crippen LogP contribution in [0.1, 0.15) is 49.4 Å². The number of unbranched alkanes of at least 4 members (excludes halogenated alkanes) is 1. The van der Waals surface area contributed by atoms with Gasteiger partial charge < -0.3 is 15.0 Å². The Morgan fingerprint density at radius 1 is 1.13 bits per heavy atom. The number of quaternary nitrogens is 1. The second kappa shape index (κ2) is 9.12. The molecule has 0 radical (unpaired) electrons. The Bertz CT molecular complexity index is 1030. The number of fused-ring (bicyclic) bond motifs is 5. The Balaban J connectivity index is 1.48. The lowest BCUT2D eigenvalue weighted by Crippen LogP contribution is -3.14. The molecule has 1 saturated heterocycles. The molecule has 0 bridgehead atoms. The summed E-state index contributed by atoms with van der Waals surface area (Å²) in [5.41, 5.74) is 5.47. The second-order valence-corrected chi connectivity index (χ2v) is 9.55. The molecule has 1 fully saturated rings. The van der Waals surface area contributed by atoms with Gasteiger partial charge in [-0.1, -0.05) is 13.3 Å². The van der Waals surface area contributed by atoms with E-state index >= 15 is 0 Å². The average Bonchev–Trinajstić information content (AvgIpc) is 3.18. The first-order chi connectivity index (χ1) is 14.8. The van der Waals surface area contributed by atoms with E-state index in [1.54, 1.807) is 22.6 Å². The van der Waals surface area contributed by atoms with Crippen molar-refractivity contribution in [3.8, 4) is 0 Å². The van der Waals surface area contributed by atoms with Gasteiger partial charge in [-0.15, -0.1) is 11.3 Å². The van der Waals surface area contributed by atoms with Gasteiger partial charge in [-0.3, -0.25) is 0 Å². The number of morpholine rings is 1. The van der Waals surface area contributed by atoms with Crippen molar-refractivity contribution in [2.45, 2.75) is 51.9 Å². The third kappa shape index (κ3) is 3.90. The van der Waals surface area contributed by atoms with Crippen molar-refractivity contribution < 1.29 is 9.64 Å². The molecule has 1 aliphatic heterocycles. The maximum atomic E-state index is 5.47. The predicted octanol–water partition coefficient (Wildman–Crippen LogP) is 2.79. The zero-order chi connectivity index (χ0) is 20.3. The summed E-state index contributed by atoms with van der Waals surface area (Å²) in [5.74, 6) is 0.968. The Morgan fingerprint density at radius 2 is 1.97 bits per heavy atom. The number of aromatic nitrogens is 3. The Labute approximate surface area is 182 Å². The third-order valence-electron chi connectivity index (χ3n) is 6.55. The molecule has 0 amide bonds. The van der Waals surface area contributed by atoms with E-state index in [-0.39, 0.29) is 0 Å². The number of ether oxygens (including phenoxy) is 1. The highest BCUT2D eigenvalue weighted by Crippen LogP contribution is 2.40. The normalized spacial score (nSPS) is 17.5. The van der Waals surface area contributed by atoms with Crippen molar-refractivity contribution in [2.75, 3.05) is 44.7 Å². The van der Waals surface area contributed by atoms with Gasteiger partial charge in [-0.05, 0) is 49.7 Å². The summed E-state index contributed by atoms with van der Waals surface area (Å²) in [6.45, 7) is 8.22. The smallest absolute Gasteiger partial charge is 0.147 e. The molecule has 0 atom stereocenters. The first-order valence-corrected chi connectivity index (χ1v) is 12.4. The maximum absolute atomic E-state index is 5.47. The average molecular weight is 427 g/mol. The lowest BCUT2D eigenvalue weighted by Gasteiger charge is -2.23. The molecule has 160 valence electrons. The zero-order valence-electron chi connectivity index (χ0n) is 17.9. The highest BCUT2D eigenvalue weighted by Gasteiger charge is 2.23. The fraction of sp³-hybridized carbons (Fsp3) is 0.609. The van der Waals surface area contributed by atoms with E-state index in [0.29, 0.717) is 0 Å². The van der Waals surface area contributed by atoms with Gasteiger partial charge in [-0.25, -0.2) is 15.0 Å². The van der Waals surface area contributed by atoms with Crippen LogP contribution in [0.4, 0.5) is 5.82 Å². The van der Waals surface area contributed by atoms with Crippen LogP contribution in [0, 0.1) is 0 Å². The lowest BCUT2D eigenvalue weighted by molar-refractivity contribution is -0.906. The van der Waals surface area contributed by atoms with Crippen molar-refractivity contribution in [2.24, 2.45) is 0 Å². The van der Waals surface area contributed by atoms with Crippen molar-refractivity contribution in [1.29, 1.82) is 0 Å². The Kier molecular flexibility index (Phi) is 6.11. The van der Waals surface area contributed by atoms with E-state index in [4.69, 9.17) is 14.7 Å². The van der Waals surface area contributed by atoms with E-state index in [2.05, 4.69) is 17.2 Å². The van der Waals surface area contributed by atoms with Crippen molar-refractivity contribution in [3.63, 3.8) is 0 Å². The Morgan fingerprint density at radius 3 is 2.80 bits per heavy atom. The van der Waals surface area contributed by atoms with Crippen LogP contribution < -0.4 is 10.2 Å². The minimum atomic E-state index is 0.876. The standard InChI is InChI=1S/C23H31N5OS/c1-2-3-8-18-16-6-4-5-7-17(16)19-20-21(30-23(19)27-18)22(26-15-25-20)24-9-10-28-11-13-29-14-12-28/h15H,2-14H2,1H3,(H,24,25,26)/p+1. The van der Waals surface area contributed by atoms with E-state index in [1.807, 2.05) is 0 Å². The second-order valence-electron chi connectivity index (χ2n) is 8.55. The summed E-state index contributed by atoms with van der Waals surface area (Å²) < 4.78 is 6.63. The SMILES string of the molecule is CCCCc1nc2sc3c(NCC[NH+]4CCOCC4)ncnc3c2c2c1CCCC2. The van der Waals surface area contributed by atoms with E-state index < -0.39 is 0 Å². The van der Waals surface area contributed by atoms with Crippen molar-refractivity contribution in [1.82, 2.24) is 15.0 Å². The molecule has 6 nitrogen and oxygen atoms in total. The van der Waals surface area contributed by atoms with Gasteiger partial charge >= 0.3 is 0 Å². The van der Waals surface area contributed by atoms with Crippen LogP contribution in [0.5, 0.6) is 0 Å². The summed E-state index contributed by atoms with van der Waals surface area (Å²) in [4.78, 5) is 17.2. The van der Waals surface area contributed by atoms with Gasteiger partial charge in [0.05, 0.1) is 36.5 Å². The van der Waals surface area contributed by atoms with Crippen molar-refractivity contribution in [3.05, 3.63) is 23.1 Å². The molecule has 4 heterocycles. The molecule has 30 heavy (non-hydrogen) atoms. The van der Waals surface area contributed by atoms with Gasteiger partial charge in [0.25, 0.3) is 0 Å². The van der Waals surface area contributed by atoms with Crippen LogP contribution in [0.25, 0.3) is 20.4 Å². The highest BCUT2D eigenvalue weighted by atomic mass is 32.1. The zero-order valence-corrected chi connectivity index (χ0v) is 18.7. The molecule has 2 N–H and O–H groups in total. The molecular weight excluding hydrogens is 394 g/mol. The van der Waals surface area contributed by atoms with Gasteiger partial charge in [0, 0.05) is 11.1 Å². The molecule has 3 aromatic rings. The minimum absolute atomic E-state index is 0.876. The van der Waals surface area contributed by atoms with E-state index in [1.165, 1.54) is 54.3 Å². The first kappa shape index (κ1) is 20.1. The topological polar surface area (TPSA) is 64.4 Å². The molecule has 1 aliphatic carbocycles. The van der Waals surface area contributed by atoms with Crippen LogP contribution in [0.2, 0.25) is 0 Å². The predicted molar refractivity (Wildman–Crippen MR) is 123 cm³/mol. The fourth-order valence-electron chi connectivity index (χ4n) is 4.88. The molecule has 5 rings (SSSR count). The van der Waals surface area contributed by atoms with E-state index in [0.717, 1.165) is 73.1 Å². The third-order valence-corrected chi connectivity index (χ3v) is 7.63. The quantitative estimate of drug-likeness (QED) is 0.608. The van der Waals surface area contributed by atoms with Crippen molar-refractivity contribution >= 4 is 37.6 Å². The van der Waals surface area contributed by atoms with Gasteiger partial charge in [-0.2, -0.15) is 0 Å². The number of anilines is 1. The number of aryl methyl sites for hydroxylation is 2. The minimum Gasteiger partial charge on any atom is -0.370 e. The molecule has 0 spiro atoms. The largest absolute Gasteiger partial charge is 0.370 e. The Hall–Kier alpha value is -1.83. The fourth-order valence-corrected chi connectivity index (χ4v) is 6.03. The summed E-state index contributed by atoms with van der Waals surface area (Å²) in [6.07, 6.45) is 10.1. The van der Waals surface area contributed by atoms with Crippen LogP contribution in [0.15, 0.2) is 6.33 Å². The molecule has 0 unspecified atom stereocenters. The molecule has 0 aromatic carbocycles. The number of thiophene rings is 1. The van der Waals surface area contributed by atoms with Gasteiger partial charge in [0.2, 0.25) is 0 Å². The van der Waals surface area contributed by atoms with Gasteiger partial charge in [0.15, 0.2) is 0 Å². The summed E-state index contributed by atoms with van der Waals surface area (Å²) in [7, 11) is 0. The molecule has 7 heteroatoms. The molecular formula is C23H32N5OS+. The summed E-state index contributed by atoms with van der Waals surface area (Å²) in [6, 6.07) is 0. The van der Waals surface area contributed by atoms with Crippen LogP contribution in [-0.4, -0.2) is 54.3 Å². The lowest BCUT2D eigenvalue weighted by atomic mass is 9.87. The maximum Gasteiger partial charge on any atom is 0.147 e. The van der Waals surface area contributed by atoms with Crippen LogP contribution >= 0.6 is 11.3 Å². The van der Waals surface area contributed by atoms with Crippen LogP contribution in [-0.2, 0) is 24.0 Å². The number of rotatable bonds is 7. The number of hydrogen-bond acceptors (Lipinski definition) is 6. The number of nitrogens with one attached hydrogen (secondary N) is 2. The first-order valence-electron chi connectivity index (χ1n) is 11.6. The van der Waals surface area contributed by atoms with Crippen LogP contribution in [0.3, 0.4) is 0 Å². The summed E-state index contributed by atoms with van der Waals surface area (Å²) in [5, 5.41) is 4.89. The summed E-state index contributed by atoms with van der Waals surface area (Å²) >= 11 is 1.77. The molecule has 3 aromatic heterocycles. The monoisotopic (exact) mass is 426 g/mol. The number of hydrogen-bond donors (Lipinski definition) is 2. The number of pyridine rings is 1. The van der Waals surface area contributed by atoms with Gasteiger partial charge in [0.1, 0.15) is 30.1 Å². The number of nitrogens with zero attached hydrogens (tertiary/aromatic N) is 3. The molecule has 2 aliphatic rings.